The van der Waals surface area contributed by atoms with Crippen LogP contribution in [0.3, 0.4) is 0 Å². The molecule has 0 N–H and O–H groups in total. The molecule has 0 spiro atoms. The molecule has 0 saturated heterocycles. The highest BCUT2D eigenvalue weighted by molar-refractivity contribution is 6.04. The van der Waals surface area contributed by atoms with Crippen LogP contribution >= 0.6 is 0 Å². The molecule has 2 aromatic rings. The maximum absolute atomic E-state index is 9.25. The third kappa shape index (κ3) is 3.29. The lowest BCUT2D eigenvalue weighted by molar-refractivity contribution is 0.156. The molecule has 0 bridgehead atoms. The largest absolute Gasteiger partial charge is 0.483 e. The Kier molecular flexibility index (Phi) is 4.47. The number of rotatable bonds is 2. The highest BCUT2D eigenvalue weighted by Crippen LogP contribution is 2.38. The quantitative estimate of drug-likeness (QED) is 0.471. The van der Waals surface area contributed by atoms with Gasteiger partial charge in [-0.05, 0) is 38.1 Å². The van der Waals surface area contributed by atoms with Crippen LogP contribution in [0.1, 0.15) is 30.5 Å². The Bertz CT molecular complexity index is 975. The van der Waals surface area contributed by atoms with Crippen LogP contribution in [-0.4, -0.2) is 23.4 Å². The Morgan fingerprint density at radius 1 is 1.12 bits per heavy atom. The topological polar surface area (TPSA) is 72.4 Å². The Labute approximate surface area is 153 Å². The van der Waals surface area contributed by atoms with Crippen molar-refractivity contribution in [3.63, 3.8) is 0 Å². The van der Waals surface area contributed by atoms with Crippen LogP contribution in [-0.2, 0) is 0 Å². The second kappa shape index (κ2) is 6.74. The lowest BCUT2D eigenvalue weighted by Crippen LogP contribution is -2.35. The molecule has 1 aliphatic heterocycles. The molecule has 1 heterocycles. The minimum absolute atomic E-state index is 0.529. The number of nitriles is 2. The van der Waals surface area contributed by atoms with Gasteiger partial charge in [0.1, 0.15) is 11.4 Å². The van der Waals surface area contributed by atoms with Crippen LogP contribution in [0.2, 0.25) is 0 Å². The number of hydrogen-bond donors (Lipinski definition) is 0. The molecule has 0 aliphatic carbocycles. The van der Waals surface area contributed by atoms with Crippen molar-refractivity contribution in [2.24, 2.45) is 4.99 Å². The second-order valence-electron chi connectivity index (χ2n) is 6.52. The Balaban J connectivity index is 2.15. The highest BCUT2D eigenvalue weighted by Gasteiger charge is 2.30. The summed E-state index contributed by atoms with van der Waals surface area (Å²) in [5, 5.41) is 18.4. The molecule has 1 aliphatic rings. The average Bonchev–Trinajstić information content (AvgIpc) is 2.64. The van der Waals surface area contributed by atoms with E-state index in [4.69, 9.17) is 4.74 Å². The molecule has 0 saturated carbocycles. The molecule has 0 amide bonds. The molecule has 3 rings (SSSR count). The third-order valence-electron chi connectivity index (χ3n) is 4.11. The van der Waals surface area contributed by atoms with Gasteiger partial charge in [-0.25, -0.2) is 0 Å². The standard InChI is InChI=1S/C21H18N4O/c1-21(2)12-18(17-11-15(13-22)9-10-19(17)26-21)25(3)20(24-14-23)16-7-5-4-6-8-16/h4-12H,1-3H3/b24-20-. The van der Waals surface area contributed by atoms with Crippen LogP contribution in [0.25, 0.3) is 5.70 Å². The van der Waals surface area contributed by atoms with E-state index >= 15 is 0 Å². The van der Waals surface area contributed by atoms with Crippen molar-refractivity contribution >= 4 is 11.5 Å². The van der Waals surface area contributed by atoms with E-state index in [1.54, 1.807) is 18.2 Å². The molecule has 26 heavy (non-hydrogen) atoms. The van der Waals surface area contributed by atoms with E-state index in [0.717, 1.165) is 16.8 Å². The SMILES string of the molecule is CN(C1=CC(C)(C)Oc2ccc(C#N)cc21)/C(=N\C#N)c1ccccc1. The Hall–Kier alpha value is -3.57. The Morgan fingerprint density at radius 2 is 1.85 bits per heavy atom. The summed E-state index contributed by atoms with van der Waals surface area (Å²) >= 11 is 0. The summed E-state index contributed by atoms with van der Waals surface area (Å²) in [6, 6.07) is 17.0. The highest BCUT2D eigenvalue weighted by atomic mass is 16.5. The van der Waals surface area contributed by atoms with Crippen molar-refractivity contribution in [1.29, 1.82) is 10.5 Å². The Morgan fingerprint density at radius 3 is 2.50 bits per heavy atom. The number of ether oxygens (including phenoxy) is 1. The summed E-state index contributed by atoms with van der Waals surface area (Å²) in [7, 11) is 1.86. The van der Waals surface area contributed by atoms with E-state index < -0.39 is 5.60 Å². The van der Waals surface area contributed by atoms with Crippen molar-refractivity contribution in [2.75, 3.05) is 7.05 Å². The van der Waals surface area contributed by atoms with Crippen LogP contribution < -0.4 is 4.74 Å². The monoisotopic (exact) mass is 342 g/mol. The van der Waals surface area contributed by atoms with Crippen molar-refractivity contribution in [3.8, 4) is 18.0 Å². The fourth-order valence-electron chi connectivity index (χ4n) is 2.97. The fourth-order valence-corrected chi connectivity index (χ4v) is 2.97. The molecule has 0 unspecified atom stereocenters. The molecular formula is C21H18N4O. The van der Waals surface area contributed by atoms with Gasteiger partial charge >= 0.3 is 0 Å². The zero-order valence-electron chi connectivity index (χ0n) is 14.9. The van der Waals surface area contributed by atoms with Crippen LogP contribution in [0.15, 0.2) is 59.6 Å². The van der Waals surface area contributed by atoms with Gasteiger partial charge in [-0.1, -0.05) is 30.3 Å². The molecule has 0 radical (unpaired) electrons. The van der Waals surface area contributed by atoms with Gasteiger partial charge in [0.2, 0.25) is 6.19 Å². The van der Waals surface area contributed by atoms with Crippen LogP contribution in [0.5, 0.6) is 5.75 Å². The first-order valence-corrected chi connectivity index (χ1v) is 8.17. The summed E-state index contributed by atoms with van der Waals surface area (Å²) in [6.45, 7) is 3.93. The van der Waals surface area contributed by atoms with Crippen molar-refractivity contribution in [2.45, 2.75) is 19.4 Å². The predicted molar refractivity (Wildman–Crippen MR) is 100 cm³/mol. The van der Waals surface area contributed by atoms with Gasteiger partial charge in [0.15, 0.2) is 5.84 Å². The molecule has 0 aromatic heterocycles. The lowest BCUT2D eigenvalue weighted by Gasteiger charge is -2.35. The fraction of sp³-hybridized carbons (Fsp3) is 0.190. The molecule has 0 atom stereocenters. The van der Waals surface area contributed by atoms with Gasteiger partial charge in [-0.2, -0.15) is 15.5 Å². The summed E-state index contributed by atoms with van der Waals surface area (Å²) in [4.78, 5) is 5.90. The minimum Gasteiger partial charge on any atom is -0.483 e. The first-order chi connectivity index (χ1) is 12.4. The molecule has 128 valence electrons. The smallest absolute Gasteiger partial charge is 0.207 e. The number of nitrogens with zero attached hydrogens (tertiary/aromatic N) is 4. The van der Waals surface area contributed by atoms with Crippen molar-refractivity contribution < 1.29 is 4.74 Å². The molecular weight excluding hydrogens is 324 g/mol. The first-order valence-electron chi connectivity index (χ1n) is 8.17. The van der Waals surface area contributed by atoms with Gasteiger partial charge in [0.25, 0.3) is 0 Å². The average molecular weight is 342 g/mol. The molecule has 2 aromatic carbocycles. The maximum atomic E-state index is 9.25. The number of hydrogen-bond acceptors (Lipinski definition) is 4. The summed E-state index contributed by atoms with van der Waals surface area (Å²) < 4.78 is 6.03. The second-order valence-corrected chi connectivity index (χ2v) is 6.52. The van der Waals surface area contributed by atoms with Gasteiger partial charge < -0.3 is 9.64 Å². The van der Waals surface area contributed by atoms with Crippen molar-refractivity contribution in [1.82, 2.24) is 4.90 Å². The first kappa shape index (κ1) is 17.3. The van der Waals surface area contributed by atoms with E-state index in [1.807, 2.05) is 68.4 Å². The van der Waals surface area contributed by atoms with E-state index in [9.17, 15) is 10.5 Å². The summed E-state index contributed by atoms with van der Waals surface area (Å²) in [5.41, 5.74) is 2.49. The minimum atomic E-state index is -0.529. The normalized spacial score (nSPS) is 15.0. The van der Waals surface area contributed by atoms with Crippen LogP contribution in [0, 0.1) is 22.8 Å². The third-order valence-corrected chi connectivity index (χ3v) is 4.11. The number of fused-ring (bicyclic) bond motifs is 1. The molecule has 5 heteroatoms. The van der Waals surface area contributed by atoms with Crippen molar-refractivity contribution in [3.05, 3.63) is 71.3 Å². The molecule has 5 nitrogen and oxygen atoms in total. The predicted octanol–water partition coefficient (Wildman–Crippen LogP) is 3.93. The summed E-state index contributed by atoms with van der Waals surface area (Å²) in [5.74, 6) is 1.23. The molecule has 0 fully saturated rings. The van der Waals surface area contributed by atoms with Crippen LogP contribution in [0.4, 0.5) is 0 Å². The zero-order valence-corrected chi connectivity index (χ0v) is 14.9. The van der Waals surface area contributed by atoms with E-state index in [-0.39, 0.29) is 0 Å². The maximum Gasteiger partial charge on any atom is 0.207 e. The van der Waals surface area contributed by atoms with Gasteiger partial charge in [0, 0.05) is 18.2 Å². The van der Waals surface area contributed by atoms with E-state index in [2.05, 4.69) is 11.1 Å². The number of benzene rings is 2. The van der Waals surface area contributed by atoms with Gasteiger partial charge in [-0.3, -0.25) is 0 Å². The van der Waals surface area contributed by atoms with E-state index in [1.165, 1.54) is 0 Å². The lowest BCUT2D eigenvalue weighted by atomic mass is 9.96. The zero-order chi connectivity index (χ0) is 18.7. The van der Waals surface area contributed by atoms with E-state index in [0.29, 0.717) is 17.1 Å². The summed E-state index contributed by atoms with van der Waals surface area (Å²) in [6.07, 6.45) is 3.87. The number of amidine groups is 1. The number of aliphatic imine (C=N–C) groups is 1. The van der Waals surface area contributed by atoms with Gasteiger partial charge in [0.05, 0.1) is 17.3 Å². The van der Waals surface area contributed by atoms with Gasteiger partial charge in [-0.15, -0.1) is 0 Å².